The van der Waals surface area contributed by atoms with Gasteiger partial charge >= 0.3 is 0 Å². The molecular formula is C18H19N9O. The number of fused-ring (bicyclic) bond motifs is 1. The number of hydrogen-bond acceptors (Lipinski definition) is 8. The third kappa shape index (κ3) is 3.45. The average molecular weight is 377 g/mol. The van der Waals surface area contributed by atoms with Gasteiger partial charge in [-0.25, -0.2) is 20.0 Å². The van der Waals surface area contributed by atoms with Gasteiger partial charge in [0.2, 0.25) is 5.82 Å². The second-order valence-electron chi connectivity index (χ2n) is 6.28. The van der Waals surface area contributed by atoms with Crippen molar-refractivity contribution in [2.75, 3.05) is 11.9 Å². The first-order valence-electron chi connectivity index (χ1n) is 8.76. The number of aliphatic hydroxyl groups excluding tert-OH is 1. The fraction of sp³-hybridized carbons (Fsp3) is 0.222. The molecule has 10 nitrogen and oxygen atoms in total. The third-order valence-corrected chi connectivity index (χ3v) is 4.39. The standard InChI is InChI=1S/C18H19N9O/c1-12(13-3-5-27-15(8-13)2-4-21-27)23-18-17(25-19)20-10-16(24-18)14-9-22-26(11-14)6-7-28/h2-5,8-12,19,28H,6-7H2,1H3,(H,23,24)/t12-/m1/s1. The van der Waals surface area contributed by atoms with Gasteiger partial charge in [-0.05, 0) is 30.7 Å². The zero-order chi connectivity index (χ0) is 19.5. The van der Waals surface area contributed by atoms with E-state index in [1.807, 2.05) is 31.3 Å². The smallest absolute Gasteiger partial charge is 0.216 e. The van der Waals surface area contributed by atoms with Gasteiger partial charge in [0, 0.05) is 24.2 Å². The highest BCUT2D eigenvalue weighted by molar-refractivity contribution is 5.64. The highest BCUT2D eigenvalue weighted by atomic mass is 16.3. The Labute approximate surface area is 160 Å². The summed E-state index contributed by atoms with van der Waals surface area (Å²) in [6.07, 6.45) is 8.66. The van der Waals surface area contributed by atoms with Gasteiger partial charge in [-0.15, -0.1) is 5.11 Å². The molecule has 4 aromatic heterocycles. The molecule has 0 aromatic carbocycles. The van der Waals surface area contributed by atoms with Gasteiger partial charge in [-0.3, -0.25) is 4.68 Å². The van der Waals surface area contributed by atoms with Gasteiger partial charge in [0.15, 0.2) is 5.82 Å². The zero-order valence-corrected chi connectivity index (χ0v) is 15.2. The van der Waals surface area contributed by atoms with E-state index in [-0.39, 0.29) is 18.5 Å². The Balaban J connectivity index is 1.62. The van der Waals surface area contributed by atoms with Crippen LogP contribution < -0.4 is 5.32 Å². The molecule has 0 amide bonds. The predicted molar refractivity (Wildman–Crippen MR) is 102 cm³/mol. The average Bonchev–Trinajstić information content (AvgIpc) is 3.37. The van der Waals surface area contributed by atoms with Crippen molar-refractivity contribution in [3.05, 3.63) is 54.7 Å². The summed E-state index contributed by atoms with van der Waals surface area (Å²) in [4.78, 5) is 8.82. The molecule has 0 unspecified atom stereocenters. The molecule has 0 spiro atoms. The Morgan fingerprint density at radius 2 is 2.18 bits per heavy atom. The molecule has 10 heteroatoms. The molecule has 0 saturated carbocycles. The topological polar surface area (TPSA) is 129 Å². The Morgan fingerprint density at radius 1 is 1.29 bits per heavy atom. The molecule has 0 aliphatic rings. The number of anilines is 1. The summed E-state index contributed by atoms with van der Waals surface area (Å²) < 4.78 is 3.43. The van der Waals surface area contributed by atoms with Crippen molar-refractivity contribution in [3.63, 3.8) is 0 Å². The fourth-order valence-electron chi connectivity index (χ4n) is 2.92. The number of hydrogen-bond donors (Lipinski definition) is 3. The van der Waals surface area contributed by atoms with E-state index >= 15 is 0 Å². The van der Waals surface area contributed by atoms with Crippen LogP contribution in [0.1, 0.15) is 18.5 Å². The largest absolute Gasteiger partial charge is 0.394 e. The van der Waals surface area contributed by atoms with Crippen molar-refractivity contribution < 1.29 is 5.11 Å². The molecule has 0 fully saturated rings. The lowest BCUT2D eigenvalue weighted by Gasteiger charge is -2.16. The van der Waals surface area contributed by atoms with E-state index < -0.39 is 0 Å². The molecule has 4 heterocycles. The van der Waals surface area contributed by atoms with Gasteiger partial charge in [0.25, 0.3) is 0 Å². The quantitative estimate of drug-likeness (QED) is 0.425. The van der Waals surface area contributed by atoms with Gasteiger partial charge in [0.05, 0.1) is 42.8 Å². The van der Waals surface area contributed by atoms with Gasteiger partial charge in [-0.2, -0.15) is 10.2 Å². The normalized spacial score (nSPS) is 12.2. The van der Waals surface area contributed by atoms with Gasteiger partial charge in [0.1, 0.15) is 0 Å². The molecule has 1 atom stereocenters. The Kier molecular flexibility index (Phi) is 4.77. The lowest BCUT2D eigenvalue weighted by molar-refractivity contribution is 0.269. The van der Waals surface area contributed by atoms with E-state index in [1.165, 1.54) is 0 Å². The summed E-state index contributed by atoms with van der Waals surface area (Å²) in [6, 6.07) is 5.87. The molecule has 28 heavy (non-hydrogen) atoms. The Bertz CT molecular complexity index is 1120. The first kappa shape index (κ1) is 17.7. The van der Waals surface area contributed by atoms with E-state index in [1.54, 1.807) is 34.0 Å². The summed E-state index contributed by atoms with van der Waals surface area (Å²) in [5.74, 6) is 0.632. The molecule has 0 aliphatic heterocycles. The zero-order valence-electron chi connectivity index (χ0n) is 15.2. The van der Waals surface area contributed by atoms with Crippen LogP contribution >= 0.6 is 0 Å². The number of rotatable bonds is 7. The van der Waals surface area contributed by atoms with Crippen LogP contribution in [0.5, 0.6) is 0 Å². The number of nitrogens with zero attached hydrogens (tertiary/aromatic N) is 7. The maximum atomic E-state index is 9.03. The first-order chi connectivity index (χ1) is 13.7. The lowest BCUT2D eigenvalue weighted by Crippen LogP contribution is -2.09. The van der Waals surface area contributed by atoms with Crippen molar-refractivity contribution in [1.29, 1.82) is 5.53 Å². The molecule has 4 aromatic rings. The Hall–Kier alpha value is -3.66. The van der Waals surface area contributed by atoms with Crippen LogP contribution in [0.2, 0.25) is 0 Å². The summed E-state index contributed by atoms with van der Waals surface area (Å²) >= 11 is 0. The minimum Gasteiger partial charge on any atom is -0.394 e. The summed E-state index contributed by atoms with van der Waals surface area (Å²) in [5, 5.41) is 24.2. The Morgan fingerprint density at radius 3 is 3.00 bits per heavy atom. The number of aliphatic hydroxyl groups is 1. The van der Waals surface area contributed by atoms with Crippen LogP contribution in [0.4, 0.5) is 11.6 Å². The highest BCUT2D eigenvalue weighted by Gasteiger charge is 2.14. The van der Waals surface area contributed by atoms with Crippen molar-refractivity contribution in [3.8, 4) is 11.3 Å². The highest BCUT2D eigenvalue weighted by Crippen LogP contribution is 2.28. The van der Waals surface area contributed by atoms with E-state index in [0.717, 1.165) is 16.6 Å². The molecule has 0 saturated heterocycles. The molecule has 4 rings (SSSR count). The van der Waals surface area contributed by atoms with Crippen LogP contribution in [-0.4, -0.2) is 41.1 Å². The molecule has 0 aliphatic carbocycles. The summed E-state index contributed by atoms with van der Waals surface area (Å²) in [7, 11) is 0. The summed E-state index contributed by atoms with van der Waals surface area (Å²) in [6.45, 7) is 2.42. The van der Waals surface area contributed by atoms with E-state index in [4.69, 9.17) is 10.6 Å². The van der Waals surface area contributed by atoms with Crippen LogP contribution in [-0.2, 0) is 6.54 Å². The monoisotopic (exact) mass is 377 g/mol. The van der Waals surface area contributed by atoms with Crippen molar-refractivity contribution in [2.45, 2.75) is 19.5 Å². The third-order valence-electron chi connectivity index (χ3n) is 4.39. The van der Waals surface area contributed by atoms with Crippen molar-refractivity contribution >= 4 is 17.2 Å². The minimum atomic E-state index is -0.0814. The van der Waals surface area contributed by atoms with Crippen LogP contribution in [0, 0.1) is 5.53 Å². The number of aromatic nitrogens is 6. The number of nitrogens with one attached hydrogen (secondary N) is 2. The maximum Gasteiger partial charge on any atom is 0.216 e. The maximum absolute atomic E-state index is 9.03. The molecule has 0 bridgehead atoms. The van der Waals surface area contributed by atoms with Crippen molar-refractivity contribution in [1.82, 2.24) is 29.4 Å². The molecule has 3 N–H and O–H groups in total. The summed E-state index contributed by atoms with van der Waals surface area (Å²) in [5.41, 5.74) is 10.8. The van der Waals surface area contributed by atoms with Crippen LogP contribution in [0.3, 0.4) is 0 Å². The van der Waals surface area contributed by atoms with Gasteiger partial charge < -0.3 is 10.4 Å². The second kappa shape index (κ2) is 7.53. The van der Waals surface area contributed by atoms with Crippen LogP contribution in [0.15, 0.2) is 54.3 Å². The lowest BCUT2D eigenvalue weighted by atomic mass is 10.1. The molecule has 142 valence electrons. The first-order valence-corrected chi connectivity index (χ1v) is 8.76. The minimum absolute atomic E-state index is 0.00924. The van der Waals surface area contributed by atoms with Crippen molar-refractivity contribution in [2.24, 2.45) is 5.11 Å². The fourth-order valence-corrected chi connectivity index (χ4v) is 2.92. The predicted octanol–water partition coefficient (Wildman–Crippen LogP) is 2.82. The molecule has 0 radical (unpaired) electrons. The van der Waals surface area contributed by atoms with Crippen LogP contribution in [0.25, 0.3) is 16.8 Å². The SMILES string of the molecule is C[C@@H](Nc1nc(-c2cnn(CCO)c2)cnc1N=N)c1ccn2nccc2c1. The van der Waals surface area contributed by atoms with E-state index in [9.17, 15) is 0 Å². The van der Waals surface area contributed by atoms with E-state index in [2.05, 4.69) is 30.6 Å². The molecular weight excluding hydrogens is 358 g/mol. The second-order valence-corrected chi connectivity index (χ2v) is 6.28. The van der Waals surface area contributed by atoms with E-state index in [0.29, 0.717) is 18.1 Å². The number of pyridine rings is 1. The van der Waals surface area contributed by atoms with Gasteiger partial charge in [-0.1, -0.05) is 0 Å².